The summed E-state index contributed by atoms with van der Waals surface area (Å²) >= 11 is 5.52. The average molecular weight is 395 g/mol. The summed E-state index contributed by atoms with van der Waals surface area (Å²) in [6.07, 6.45) is -1.09. The highest BCUT2D eigenvalue weighted by Gasteiger charge is 2.10. The van der Waals surface area contributed by atoms with Crippen LogP contribution in [0.15, 0.2) is 48.5 Å². The fourth-order valence-electron chi connectivity index (χ4n) is 2.21. The van der Waals surface area contributed by atoms with E-state index in [0.717, 1.165) is 0 Å². The monoisotopic (exact) mass is 394 g/mol. The number of aliphatic hydroxyl groups is 3. The van der Waals surface area contributed by atoms with Crippen LogP contribution in [-0.2, 0) is 0 Å². The van der Waals surface area contributed by atoms with Crippen LogP contribution in [0.2, 0.25) is 0 Å². The second-order valence-corrected chi connectivity index (χ2v) is 6.28. The van der Waals surface area contributed by atoms with Gasteiger partial charge in [-0.2, -0.15) is 0 Å². The quantitative estimate of drug-likeness (QED) is 0.398. The van der Waals surface area contributed by atoms with Crippen molar-refractivity contribution in [2.45, 2.75) is 18.6 Å². The number of aliphatic hydroxyl groups excluding tert-OH is 3. The van der Waals surface area contributed by atoms with Gasteiger partial charge in [0.05, 0.1) is 19.3 Å². The van der Waals surface area contributed by atoms with Gasteiger partial charge in [-0.05, 0) is 48.5 Å². The van der Waals surface area contributed by atoms with Crippen molar-refractivity contribution in [2.75, 3.05) is 25.7 Å². The van der Waals surface area contributed by atoms with Crippen molar-refractivity contribution >= 4 is 17.4 Å². The van der Waals surface area contributed by atoms with Crippen LogP contribution in [0.5, 0.6) is 11.5 Å². The Balaban J connectivity index is 1.91. The minimum absolute atomic E-state index is 0.0207. The summed E-state index contributed by atoms with van der Waals surface area (Å²) in [5.41, 5.74) is 1.02. The van der Waals surface area contributed by atoms with E-state index in [2.05, 4.69) is 0 Å². The first kappa shape index (κ1) is 21.2. The number of hydrogen-bond acceptors (Lipinski definition) is 6. The van der Waals surface area contributed by atoms with Gasteiger partial charge >= 0.3 is 0 Å². The molecular formula is C20H23ClO6. The van der Waals surface area contributed by atoms with Crippen LogP contribution >= 0.6 is 11.6 Å². The Kier molecular flexibility index (Phi) is 8.54. The van der Waals surface area contributed by atoms with Gasteiger partial charge in [0.15, 0.2) is 5.78 Å². The molecule has 0 aliphatic carbocycles. The molecular weight excluding hydrogens is 372 g/mol. The lowest BCUT2D eigenvalue weighted by Crippen LogP contribution is -2.21. The molecule has 146 valence electrons. The first-order valence-corrected chi connectivity index (χ1v) is 9.10. The van der Waals surface area contributed by atoms with E-state index in [9.17, 15) is 15.0 Å². The summed E-state index contributed by atoms with van der Waals surface area (Å²) in [6.45, 7) is -0.0512. The Morgan fingerprint density at radius 1 is 0.889 bits per heavy atom. The first-order valence-electron chi connectivity index (χ1n) is 8.57. The summed E-state index contributed by atoms with van der Waals surface area (Å²) in [5, 5.41) is 27.4. The molecule has 0 fully saturated rings. The second-order valence-electron chi connectivity index (χ2n) is 5.97. The maximum Gasteiger partial charge on any atom is 0.193 e. The Bertz CT molecular complexity index is 701. The molecule has 0 aromatic heterocycles. The van der Waals surface area contributed by atoms with Gasteiger partial charge in [-0.25, -0.2) is 0 Å². The number of alkyl halides is 1. The molecule has 0 saturated carbocycles. The molecule has 6 nitrogen and oxygen atoms in total. The summed E-state index contributed by atoms with van der Waals surface area (Å²) in [5.74, 6) is 1.14. The number of ether oxygens (including phenoxy) is 2. The number of halogens is 1. The van der Waals surface area contributed by atoms with Crippen molar-refractivity contribution < 1.29 is 29.6 Å². The number of carbonyl (C=O) groups excluding carboxylic acids is 1. The third kappa shape index (κ3) is 6.84. The highest BCUT2D eigenvalue weighted by atomic mass is 35.5. The molecule has 3 N–H and O–H groups in total. The first-order chi connectivity index (χ1) is 13.0. The van der Waals surface area contributed by atoms with Crippen LogP contribution in [0.25, 0.3) is 0 Å². The molecule has 7 heteroatoms. The summed E-state index contributed by atoms with van der Waals surface area (Å²) in [6, 6.07) is 13.3. The zero-order chi connectivity index (χ0) is 19.6. The number of hydrogen-bond donors (Lipinski definition) is 3. The van der Waals surface area contributed by atoms with Crippen molar-refractivity contribution in [3.63, 3.8) is 0 Å². The third-order valence-corrected chi connectivity index (χ3v) is 4.14. The van der Waals surface area contributed by atoms with Gasteiger partial charge in [0, 0.05) is 23.4 Å². The lowest BCUT2D eigenvalue weighted by atomic mass is 10.0. The van der Waals surface area contributed by atoms with Gasteiger partial charge in [-0.15, -0.1) is 11.6 Å². The predicted molar refractivity (Wildman–Crippen MR) is 102 cm³/mol. The van der Waals surface area contributed by atoms with Crippen LogP contribution in [0.4, 0.5) is 0 Å². The third-order valence-electron chi connectivity index (χ3n) is 3.78. The fraction of sp³-hybridized carbons (Fsp3) is 0.350. The largest absolute Gasteiger partial charge is 0.493 e. The van der Waals surface area contributed by atoms with Crippen molar-refractivity contribution in [3.8, 4) is 11.5 Å². The fourth-order valence-corrected chi connectivity index (χ4v) is 2.36. The zero-order valence-corrected chi connectivity index (χ0v) is 15.5. The SMILES string of the molecule is O=C(c1ccc(OCCC(O)CCl)cc1)c1ccc(OCC(O)CO)cc1. The topological polar surface area (TPSA) is 96.2 Å². The molecule has 0 bridgehead atoms. The van der Waals surface area contributed by atoms with Crippen LogP contribution < -0.4 is 9.47 Å². The minimum atomic E-state index is -0.940. The molecule has 2 atom stereocenters. The molecule has 27 heavy (non-hydrogen) atoms. The van der Waals surface area contributed by atoms with E-state index in [0.29, 0.717) is 35.7 Å². The summed E-state index contributed by atoms with van der Waals surface area (Å²) < 4.78 is 10.8. The molecule has 2 unspecified atom stereocenters. The van der Waals surface area contributed by atoms with E-state index in [-0.39, 0.29) is 24.9 Å². The van der Waals surface area contributed by atoms with Gasteiger partial charge in [0.1, 0.15) is 24.2 Å². The predicted octanol–water partition coefficient (Wildman–Crippen LogP) is 2.02. The van der Waals surface area contributed by atoms with E-state index >= 15 is 0 Å². The number of rotatable bonds is 11. The lowest BCUT2D eigenvalue weighted by Gasteiger charge is -2.10. The number of carbonyl (C=O) groups is 1. The van der Waals surface area contributed by atoms with Crippen molar-refractivity contribution in [1.82, 2.24) is 0 Å². The van der Waals surface area contributed by atoms with Gasteiger partial charge in [0.2, 0.25) is 0 Å². The standard InChI is InChI=1S/C20H23ClO6/c21-11-16(23)9-10-26-18-5-1-14(2-6-18)20(25)15-3-7-19(8-4-15)27-13-17(24)12-22/h1-8,16-17,22-24H,9-13H2. The Labute approximate surface area is 162 Å². The molecule has 2 aromatic rings. The van der Waals surface area contributed by atoms with Crippen molar-refractivity contribution in [3.05, 3.63) is 59.7 Å². The molecule has 0 aliphatic rings. The second kappa shape index (κ2) is 10.9. The minimum Gasteiger partial charge on any atom is -0.493 e. The molecule has 0 aliphatic heterocycles. The maximum atomic E-state index is 12.5. The molecule has 0 radical (unpaired) electrons. The highest BCUT2D eigenvalue weighted by molar-refractivity contribution is 6.18. The average Bonchev–Trinajstić information content (AvgIpc) is 2.72. The summed E-state index contributed by atoms with van der Waals surface area (Å²) in [7, 11) is 0. The van der Waals surface area contributed by atoms with Crippen LogP contribution in [0, 0.1) is 0 Å². The molecule has 0 spiro atoms. The van der Waals surface area contributed by atoms with Gasteiger partial charge in [-0.1, -0.05) is 0 Å². The number of ketones is 1. The van der Waals surface area contributed by atoms with E-state index in [4.69, 9.17) is 26.2 Å². The van der Waals surface area contributed by atoms with Gasteiger partial charge < -0.3 is 24.8 Å². The van der Waals surface area contributed by atoms with Crippen molar-refractivity contribution in [1.29, 1.82) is 0 Å². The van der Waals surface area contributed by atoms with Gasteiger partial charge in [0.25, 0.3) is 0 Å². The normalized spacial score (nSPS) is 13.0. The highest BCUT2D eigenvalue weighted by Crippen LogP contribution is 2.18. The Hall–Kier alpha value is -2.12. The van der Waals surface area contributed by atoms with E-state index in [1.165, 1.54) is 0 Å². The Morgan fingerprint density at radius 3 is 1.89 bits per heavy atom. The molecule has 0 saturated heterocycles. The molecule has 2 aromatic carbocycles. The zero-order valence-electron chi connectivity index (χ0n) is 14.8. The molecule has 0 amide bonds. The lowest BCUT2D eigenvalue weighted by molar-refractivity contribution is 0.0536. The van der Waals surface area contributed by atoms with Crippen LogP contribution in [0.3, 0.4) is 0 Å². The van der Waals surface area contributed by atoms with Crippen molar-refractivity contribution in [2.24, 2.45) is 0 Å². The van der Waals surface area contributed by atoms with Gasteiger partial charge in [-0.3, -0.25) is 4.79 Å². The number of benzene rings is 2. The van der Waals surface area contributed by atoms with Crippen LogP contribution in [-0.4, -0.2) is 59.0 Å². The Morgan fingerprint density at radius 2 is 1.41 bits per heavy atom. The van der Waals surface area contributed by atoms with Crippen LogP contribution in [0.1, 0.15) is 22.3 Å². The maximum absolute atomic E-state index is 12.5. The molecule has 0 heterocycles. The van der Waals surface area contributed by atoms with E-state index in [1.807, 2.05) is 0 Å². The summed E-state index contributed by atoms with van der Waals surface area (Å²) in [4.78, 5) is 12.5. The molecule has 2 rings (SSSR count). The van der Waals surface area contributed by atoms with E-state index < -0.39 is 12.2 Å². The van der Waals surface area contributed by atoms with E-state index in [1.54, 1.807) is 48.5 Å². The smallest absolute Gasteiger partial charge is 0.193 e.